The van der Waals surface area contributed by atoms with Crippen molar-refractivity contribution in [3.05, 3.63) is 63.1 Å². The Kier molecular flexibility index (Phi) is 9.94. The van der Waals surface area contributed by atoms with Crippen LogP contribution in [0.1, 0.15) is 39.2 Å². The van der Waals surface area contributed by atoms with E-state index >= 15 is 0 Å². The first kappa shape index (κ1) is 25.3. The Hall–Kier alpha value is -1.95. The number of nitrogens with zero attached hydrogens (tertiary/aromatic N) is 1. The third-order valence-electron chi connectivity index (χ3n) is 4.91. The quantitative estimate of drug-likeness (QED) is 0.466. The lowest BCUT2D eigenvalue weighted by Gasteiger charge is -2.31. The maximum absolute atomic E-state index is 13.2. The lowest BCUT2D eigenvalue weighted by atomic mass is 10.1. The monoisotopic (exact) mass is 484 g/mol. The molecule has 2 amide bonds. The number of nitrogens with one attached hydrogen (secondary N) is 1. The van der Waals surface area contributed by atoms with Gasteiger partial charge in [0.25, 0.3) is 5.91 Å². The van der Waals surface area contributed by atoms with Gasteiger partial charge in [0, 0.05) is 12.6 Å². The van der Waals surface area contributed by atoms with Gasteiger partial charge in [-0.2, -0.15) is 0 Å². The third kappa shape index (κ3) is 7.30. The van der Waals surface area contributed by atoms with Crippen molar-refractivity contribution in [3.8, 4) is 5.75 Å². The minimum absolute atomic E-state index is 0.00264. The summed E-state index contributed by atoms with van der Waals surface area (Å²) in [7, 11) is 0. The maximum Gasteiger partial charge on any atom is 0.261 e. The van der Waals surface area contributed by atoms with Crippen LogP contribution in [0.25, 0.3) is 0 Å². The fraction of sp³-hybridized carbons (Fsp3) is 0.391. The molecular formula is C23H27Cl3N2O3. The number of para-hydroxylation sites is 1. The number of hydrogen-bond donors (Lipinski definition) is 1. The number of carbonyl (C=O) groups is 2. The molecule has 0 unspecified atom stereocenters. The first-order valence-corrected chi connectivity index (χ1v) is 11.3. The van der Waals surface area contributed by atoms with E-state index in [-0.39, 0.29) is 31.0 Å². The van der Waals surface area contributed by atoms with Crippen molar-refractivity contribution in [3.63, 3.8) is 0 Å². The van der Waals surface area contributed by atoms with E-state index in [9.17, 15) is 9.59 Å². The molecule has 0 aromatic heterocycles. The van der Waals surface area contributed by atoms with Gasteiger partial charge in [0.1, 0.15) is 11.8 Å². The van der Waals surface area contributed by atoms with Crippen LogP contribution in [0.15, 0.2) is 42.5 Å². The van der Waals surface area contributed by atoms with E-state index in [1.807, 2.05) is 20.8 Å². The second-order valence-corrected chi connectivity index (χ2v) is 8.45. The van der Waals surface area contributed by atoms with Crippen molar-refractivity contribution in [2.24, 2.45) is 0 Å². The SMILES string of the molecule is CC[C@H](C(=O)N[C@@H](C)CC)N(Cc1ccc(Cl)c(Cl)c1)C(=O)COc1ccccc1Cl. The Bertz CT molecular complexity index is 907. The van der Waals surface area contributed by atoms with Crippen LogP contribution >= 0.6 is 34.8 Å². The highest BCUT2D eigenvalue weighted by atomic mass is 35.5. The normalized spacial score (nSPS) is 12.7. The number of benzene rings is 2. The largest absolute Gasteiger partial charge is 0.482 e. The van der Waals surface area contributed by atoms with Gasteiger partial charge in [0.2, 0.25) is 5.91 Å². The second-order valence-electron chi connectivity index (χ2n) is 7.23. The summed E-state index contributed by atoms with van der Waals surface area (Å²) in [6, 6.07) is 11.4. The molecule has 0 fully saturated rings. The number of hydrogen-bond acceptors (Lipinski definition) is 3. The van der Waals surface area contributed by atoms with E-state index in [1.54, 1.807) is 42.5 Å². The van der Waals surface area contributed by atoms with E-state index in [0.717, 1.165) is 12.0 Å². The number of ether oxygens (including phenoxy) is 1. The van der Waals surface area contributed by atoms with E-state index in [2.05, 4.69) is 5.32 Å². The van der Waals surface area contributed by atoms with Crippen LogP contribution < -0.4 is 10.1 Å². The summed E-state index contributed by atoms with van der Waals surface area (Å²) in [5.41, 5.74) is 0.760. The summed E-state index contributed by atoms with van der Waals surface area (Å²) < 4.78 is 5.63. The van der Waals surface area contributed by atoms with E-state index in [0.29, 0.717) is 27.2 Å². The Labute approximate surface area is 198 Å². The number of rotatable bonds is 10. The molecule has 0 heterocycles. The number of halogens is 3. The smallest absolute Gasteiger partial charge is 0.261 e. The van der Waals surface area contributed by atoms with Crippen molar-refractivity contribution in [2.45, 2.75) is 52.2 Å². The standard InChI is InChI=1S/C23H27Cl3N2O3/c1-4-15(3)27-23(30)20(5-2)28(13-16-10-11-17(24)19(26)12-16)22(29)14-31-21-9-7-6-8-18(21)25/h6-12,15,20H,4-5,13-14H2,1-3H3,(H,27,30)/t15-,20+/m0/s1. The molecule has 0 bridgehead atoms. The Morgan fingerprint density at radius 3 is 2.32 bits per heavy atom. The molecule has 2 atom stereocenters. The van der Waals surface area contributed by atoms with Gasteiger partial charge < -0.3 is 15.0 Å². The molecule has 0 radical (unpaired) electrons. The number of carbonyl (C=O) groups excluding carboxylic acids is 2. The van der Waals surface area contributed by atoms with Crippen LogP contribution in [-0.4, -0.2) is 35.4 Å². The molecule has 2 rings (SSSR count). The lowest BCUT2D eigenvalue weighted by molar-refractivity contribution is -0.143. The molecule has 8 heteroatoms. The molecular weight excluding hydrogens is 459 g/mol. The zero-order valence-electron chi connectivity index (χ0n) is 17.8. The Morgan fingerprint density at radius 1 is 1.00 bits per heavy atom. The van der Waals surface area contributed by atoms with Crippen molar-refractivity contribution in [2.75, 3.05) is 6.61 Å². The molecule has 0 aliphatic heterocycles. The molecule has 0 saturated heterocycles. The van der Waals surface area contributed by atoms with Crippen LogP contribution in [-0.2, 0) is 16.1 Å². The van der Waals surface area contributed by atoms with Gasteiger partial charge in [0.05, 0.1) is 15.1 Å². The van der Waals surface area contributed by atoms with E-state index < -0.39 is 6.04 Å². The summed E-state index contributed by atoms with van der Waals surface area (Å²) in [6.07, 6.45) is 1.24. The topological polar surface area (TPSA) is 58.6 Å². The average Bonchev–Trinajstić information content (AvgIpc) is 2.75. The third-order valence-corrected chi connectivity index (χ3v) is 5.96. The zero-order valence-corrected chi connectivity index (χ0v) is 20.1. The molecule has 0 spiro atoms. The first-order valence-electron chi connectivity index (χ1n) is 10.2. The van der Waals surface area contributed by atoms with E-state index in [1.165, 1.54) is 4.90 Å². The van der Waals surface area contributed by atoms with E-state index in [4.69, 9.17) is 39.5 Å². The van der Waals surface area contributed by atoms with Gasteiger partial charge in [-0.3, -0.25) is 9.59 Å². The molecule has 168 valence electrons. The highest BCUT2D eigenvalue weighted by Crippen LogP contribution is 2.25. The average molecular weight is 486 g/mol. The molecule has 0 aliphatic carbocycles. The van der Waals surface area contributed by atoms with Crippen LogP contribution in [0.5, 0.6) is 5.75 Å². The molecule has 0 saturated carbocycles. The molecule has 1 N–H and O–H groups in total. The van der Waals surface area contributed by atoms with Gasteiger partial charge >= 0.3 is 0 Å². The second kappa shape index (κ2) is 12.2. The van der Waals surface area contributed by atoms with Crippen LogP contribution in [0.4, 0.5) is 0 Å². The Morgan fingerprint density at radius 2 is 1.71 bits per heavy atom. The fourth-order valence-corrected chi connectivity index (χ4v) is 3.49. The summed E-state index contributed by atoms with van der Waals surface area (Å²) in [4.78, 5) is 27.6. The zero-order chi connectivity index (χ0) is 23.0. The van der Waals surface area contributed by atoms with Crippen molar-refractivity contribution < 1.29 is 14.3 Å². The Balaban J connectivity index is 2.26. The van der Waals surface area contributed by atoms with Gasteiger partial charge in [-0.15, -0.1) is 0 Å². The van der Waals surface area contributed by atoms with Gasteiger partial charge in [0.15, 0.2) is 6.61 Å². The lowest BCUT2D eigenvalue weighted by Crippen LogP contribution is -2.51. The predicted octanol–water partition coefficient (Wildman–Crippen LogP) is 5.75. The van der Waals surface area contributed by atoms with Crippen molar-refractivity contribution in [1.29, 1.82) is 0 Å². The van der Waals surface area contributed by atoms with Crippen LogP contribution in [0.3, 0.4) is 0 Å². The highest BCUT2D eigenvalue weighted by Gasteiger charge is 2.29. The van der Waals surface area contributed by atoms with Crippen molar-refractivity contribution in [1.82, 2.24) is 10.2 Å². The van der Waals surface area contributed by atoms with Gasteiger partial charge in [-0.1, -0.05) is 66.8 Å². The van der Waals surface area contributed by atoms with Crippen LogP contribution in [0, 0.1) is 0 Å². The minimum atomic E-state index is -0.661. The molecule has 2 aromatic rings. The van der Waals surface area contributed by atoms with Gasteiger partial charge in [-0.25, -0.2) is 0 Å². The van der Waals surface area contributed by atoms with Gasteiger partial charge in [-0.05, 0) is 49.6 Å². The summed E-state index contributed by atoms with van der Waals surface area (Å²) in [5, 5.41) is 4.18. The summed E-state index contributed by atoms with van der Waals surface area (Å²) >= 11 is 18.3. The highest BCUT2D eigenvalue weighted by molar-refractivity contribution is 6.42. The summed E-state index contributed by atoms with van der Waals surface area (Å²) in [5.74, 6) is -0.135. The predicted molar refractivity (Wildman–Crippen MR) is 126 cm³/mol. The molecule has 0 aliphatic rings. The van der Waals surface area contributed by atoms with Crippen LogP contribution in [0.2, 0.25) is 15.1 Å². The molecule has 2 aromatic carbocycles. The molecule has 31 heavy (non-hydrogen) atoms. The first-order chi connectivity index (χ1) is 14.8. The fourth-order valence-electron chi connectivity index (χ4n) is 2.98. The minimum Gasteiger partial charge on any atom is -0.482 e. The van der Waals surface area contributed by atoms with Crippen molar-refractivity contribution >= 4 is 46.6 Å². The maximum atomic E-state index is 13.2. The molecule has 5 nitrogen and oxygen atoms in total. The number of amides is 2. The summed E-state index contributed by atoms with van der Waals surface area (Å²) in [6.45, 7) is 5.72.